The van der Waals surface area contributed by atoms with Gasteiger partial charge in [-0.25, -0.2) is 0 Å². The third-order valence-corrected chi connectivity index (χ3v) is 3.84. The van der Waals surface area contributed by atoms with Gasteiger partial charge < -0.3 is 10.4 Å². The number of rotatable bonds is 10. The number of nitrogens with one attached hydrogen (secondary N) is 1. The van der Waals surface area contributed by atoms with Gasteiger partial charge in [0.15, 0.2) is 0 Å². The number of aliphatic carboxylic acids is 1. The first-order valence-electron chi connectivity index (χ1n) is 6.48. The Morgan fingerprint density at radius 3 is 2.53 bits per heavy atom. The highest BCUT2D eigenvalue weighted by Gasteiger charge is 2.31. The first-order chi connectivity index (χ1) is 7.92. The van der Waals surface area contributed by atoms with Crippen molar-refractivity contribution in [2.24, 2.45) is 5.92 Å². The minimum absolute atomic E-state index is 0.686. The monoisotopic (exact) mass is 261 g/mol. The van der Waals surface area contributed by atoms with E-state index in [9.17, 15) is 9.90 Å². The zero-order valence-corrected chi connectivity index (χ0v) is 12.4. The molecule has 17 heavy (non-hydrogen) atoms. The second-order valence-electron chi connectivity index (χ2n) is 5.11. The van der Waals surface area contributed by atoms with Crippen LogP contribution < -0.4 is 5.32 Å². The van der Waals surface area contributed by atoms with Crippen molar-refractivity contribution in [3.63, 3.8) is 0 Å². The number of carboxylic acid groups (broad SMARTS) is 1. The van der Waals surface area contributed by atoms with Gasteiger partial charge in [-0.15, -0.1) is 0 Å². The third-order valence-electron chi connectivity index (χ3n) is 2.82. The molecule has 0 aliphatic heterocycles. The molecule has 1 atom stereocenters. The summed E-state index contributed by atoms with van der Waals surface area (Å²) < 4.78 is 0. The molecule has 2 N–H and O–H groups in total. The third kappa shape index (κ3) is 7.66. The molecule has 0 aromatic rings. The van der Waals surface area contributed by atoms with Crippen LogP contribution in [0.5, 0.6) is 0 Å². The van der Waals surface area contributed by atoms with Crippen LogP contribution >= 0.6 is 11.8 Å². The van der Waals surface area contributed by atoms with Crippen molar-refractivity contribution in [3.05, 3.63) is 0 Å². The average Bonchev–Trinajstić information content (AvgIpc) is 2.25. The van der Waals surface area contributed by atoms with Gasteiger partial charge in [0, 0.05) is 0 Å². The summed E-state index contributed by atoms with van der Waals surface area (Å²) in [4.78, 5) is 11.2. The second-order valence-corrected chi connectivity index (χ2v) is 6.33. The standard InChI is InChI=1S/C13H27NO2S/c1-5-8-14-13(4,12(15)16)7-10-17-9-6-11(2)3/h11,14H,5-10H2,1-4H3,(H,15,16). The van der Waals surface area contributed by atoms with Crippen LogP contribution in [0.25, 0.3) is 0 Å². The fraction of sp³-hybridized carbons (Fsp3) is 0.923. The summed E-state index contributed by atoms with van der Waals surface area (Å²) >= 11 is 1.86. The highest BCUT2D eigenvalue weighted by Crippen LogP contribution is 2.16. The molecule has 1 unspecified atom stereocenters. The zero-order valence-electron chi connectivity index (χ0n) is 11.6. The van der Waals surface area contributed by atoms with E-state index in [-0.39, 0.29) is 0 Å². The molecule has 3 nitrogen and oxygen atoms in total. The molecule has 0 heterocycles. The van der Waals surface area contributed by atoms with Gasteiger partial charge >= 0.3 is 5.97 Å². The molecule has 4 heteroatoms. The Kier molecular flexibility index (Phi) is 8.70. The molecule has 0 saturated heterocycles. The van der Waals surface area contributed by atoms with Crippen molar-refractivity contribution < 1.29 is 9.90 Å². The van der Waals surface area contributed by atoms with Gasteiger partial charge in [0.1, 0.15) is 5.54 Å². The average molecular weight is 261 g/mol. The highest BCUT2D eigenvalue weighted by molar-refractivity contribution is 7.99. The molecule has 0 fully saturated rings. The first kappa shape index (κ1) is 16.8. The van der Waals surface area contributed by atoms with Crippen molar-refractivity contribution >= 4 is 17.7 Å². The summed E-state index contributed by atoms with van der Waals surface area (Å²) in [6.45, 7) is 9.02. The van der Waals surface area contributed by atoms with E-state index in [0.29, 0.717) is 6.42 Å². The van der Waals surface area contributed by atoms with Gasteiger partial charge in [0.2, 0.25) is 0 Å². The van der Waals surface area contributed by atoms with Crippen LogP contribution in [0.2, 0.25) is 0 Å². The van der Waals surface area contributed by atoms with Gasteiger partial charge in [0.25, 0.3) is 0 Å². The van der Waals surface area contributed by atoms with Gasteiger partial charge in [0.05, 0.1) is 0 Å². The number of thioether (sulfide) groups is 1. The lowest BCUT2D eigenvalue weighted by Gasteiger charge is -2.26. The van der Waals surface area contributed by atoms with E-state index in [1.807, 2.05) is 18.7 Å². The summed E-state index contributed by atoms with van der Waals surface area (Å²) in [5.41, 5.74) is -0.763. The van der Waals surface area contributed by atoms with Crippen LogP contribution in [0.4, 0.5) is 0 Å². The topological polar surface area (TPSA) is 49.3 Å². The molecule has 0 radical (unpaired) electrons. The SMILES string of the molecule is CCCNC(C)(CCSCCC(C)C)C(=O)O. The van der Waals surface area contributed by atoms with Crippen molar-refractivity contribution in [1.29, 1.82) is 0 Å². The minimum atomic E-state index is -0.763. The molecule has 102 valence electrons. The van der Waals surface area contributed by atoms with Gasteiger partial charge in [-0.3, -0.25) is 4.79 Å². The van der Waals surface area contributed by atoms with E-state index in [4.69, 9.17) is 0 Å². The largest absolute Gasteiger partial charge is 0.480 e. The molecule has 0 aromatic carbocycles. The number of hydrogen-bond donors (Lipinski definition) is 2. The fourth-order valence-corrected chi connectivity index (χ4v) is 2.76. The lowest BCUT2D eigenvalue weighted by Crippen LogP contribution is -2.50. The smallest absolute Gasteiger partial charge is 0.323 e. The van der Waals surface area contributed by atoms with Crippen molar-refractivity contribution in [3.8, 4) is 0 Å². The van der Waals surface area contributed by atoms with E-state index in [1.165, 1.54) is 6.42 Å². The molecule has 0 aromatic heterocycles. The zero-order chi connectivity index (χ0) is 13.3. The fourth-order valence-electron chi connectivity index (χ4n) is 1.37. The highest BCUT2D eigenvalue weighted by atomic mass is 32.2. The second kappa shape index (κ2) is 8.81. The van der Waals surface area contributed by atoms with Crippen LogP contribution in [0, 0.1) is 5.92 Å². The lowest BCUT2D eigenvalue weighted by molar-refractivity contribution is -0.144. The van der Waals surface area contributed by atoms with Gasteiger partial charge in [-0.2, -0.15) is 11.8 Å². The summed E-state index contributed by atoms with van der Waals surface area (Å²) in [7, 11) is 0. The van der Waals surface area contributed by atoms with Crippen LogP contribution in [0.3, 0.4) is 0 Å². The normalized spacial score (nSPS) is 14.9. The Labute approximate surface area is 110 Å². The molecule has 0 aliphatic carbocycles. The van der Waals surface area contributed by atoms with Crippen molar-refractivity contribution in [2.45, 2.75) is 52.5 Å². The predicted octanol–water partition coefficient (Wildman–Crippen LogP) is 3.00. The molecular formula is C13H27NO2S. The molecule has 0 rings (SSSR count). The number of carbonyl (C=O) groups is 1. The summed E-state index contributed by atoms with van der Waals surface area (Å²) in [6, 6.07) is 0. The predicted molar refractivity (Wildman–Crippen MR) is 75.7 cm³/mol. The molecule has 0 aliphatic rings. The number of hydrogen-bond acceptors (Lipinski definition) is 3. The van der Waals surface area contributed by atoms with E-state index in [2.05, 4.69) is 19.2 Å². The van der Waals surface area contributed by atoms with Crippen molar-refractivity contribution in [1.82, 2.24) is 5.32 Å². The van der Waals surface area contributed by atoms with Crippen LogP contribution in [-0.4, -0.2) is 34.7 Å². The van der Waals surface area contributed by atoms with E-state index >= 15 is 0 Å². The summed E-state index contributed by atoms with van der Waals surface area (Å²) in [6.07, 6.45) is 2.85. The quantitative estimate of drug-likeness (QED) is 0.594. The molecular weight excluding hydrogens is 234 g/mol. The van der Waals surface area contributed by atoms with Crippen LogP contribution in [0.15, 0.2) is 0 Å². The van der Waals surface area contributed by atoms with Crippen molar-refractivity contribution in [2.75, 3.05) is 18.1 Å². The van der Waals surface area contributed by atoms with E-state index < -0.39 is 11.5 Å². The summed E-state index contributed by atoms with van der Waals surface area (Å²) in [5.74, 6) is 2.02. The number of carboxylic acids is 1. The van der Waals surface area contributed by atoms with Crippen LogP contribution in [-0.2, 0) is 4.79 Å². The Bertz CT molecular complexity index is 221. The molecule has 0 bridgehead atoms. The Hall–Kier alpha value is -0.220. The Morgan fingerprint density at radius 1 is 1.41 bits per heavy atom. The van der Waals surface area contributed by atoms with E-state index in [0.717, 1.165) is 30.4 Å². The van der Waals surface area contributed by atoms with E-state index in [1.54, 1.807) is 6.92 Å². The maximum Gasteiger partial charge on any atom is 0.323 e. The molecule has 0 amide bonds. The Balaban J connectivity index is 3.88. The van der Waals surface area contributed by atoms with Gasteiger partial charge in [-0.05, 0) is 50.2 Å². The first-order valence-corrected chi connectivity index (χ1v) is 7.64. The Morgan fingerprint density at radius 2 is 2.06 bits per heavy atom. The van der Waals surface area contributed by atoms with Crippen LogP contribution in [0.1, 0.15) is 47.0 Å². The lowest BCUT2D eigenvalue weighted by atomic mass is 9.99. The molecule has 0 saturated carbocycles. The summed E-state index contributed by atoms with van der Waals surface area (Å²) in [5, 5.41) is 12.4. The van der Waals surface area contributed by atoms with Gasteiger partial charge in [-0.1, -0.05) is 20.8 Å². The molecule has 0 spiro atoms. The maximum absolute atomic E-state index is 11.2. The minimum Gasteiger partial charge on any atom is -0.480 e. The maximum atomic E-state index is 11.2.